The third kappa shape index (κ3) is 5.55. The lowest BCUT2D eigenvalue weighted by molar-refractivity contribution is 0.327. The zero-order valence-corrected chi connectivity index (χ0v) is 13.9. The van der Waals surface area contributed by atoms with Crippen molar-refractivity contribution < 1.29 is 13.2 Å². The monoisotopic (exact) mass is 314 g/mol. The third-order valence-electron chi connectivity index (χ3n) is 3.88. The molecule has 5 nitrogen and oxygen atoms in total. The van der Waals surface area contributed by atoms with Gasteiger partial charge in [-0.2, -0.15) is 0 Å². The van der Waals surface area contributed by atoms with Gasteiger partial charge in [-0.25, -0.2) is 13.1 Å². The number of anilines is 1. The molecule has 0 aliphatic heterocycles. The molecule has 3 N–H and O–H groups in total. The molecule has 0 aromatic heterocycles. The predicted molar refractivity (Wildman–Crippen MR) is 86.9 cm³/mol. The van der Waals surface area contributed by atoms with Gasteiger partial charge in [-0.3, -0.25) is 0 Å². The predicted octanol–water partition coefficient (Wildman–Crippen LogP) is 2.54. The van der Waals surface area contributed by atoms with Crippen LogP contribution in [-0.4, -0.2) is 26.3 Å². The Bertz CT molecular complexity index is 531. The molecule has 0 aliphatic rings. The number of hydrogen-bond acceptors (Lipinski definition) is 4. The highest BCUT2D eigenvalue weighted by molar-refractivity contribution is 7.89. The van der Waals surface area contributed by atoms with Crippen LogP contribution in [0.4, 0.5) is 5.69 Å². The average Bonchev–Trinajstić information content (AvgIpc) is 2.45. The number of rotatable bonds is 9. The highest BCUT2D eigenvalue weighted by Gasteiger charge is 2.29. The Labute approximate surface area is 127 Å². The van der Waals surface area contributed by atoms with E-state index in [0.29, 0.717) is 11.4 Å². The number of nitrogen functional groups attached to an aromatic ring is 1. The molecule has 1 rings (SSSR count). The van der Waals surface area contributed by atoms with Crippen LogP contribution in [0.25, 0.3) is 0 Å². The van der Waals surface area contributed by atoms with E-state index in [4.69, 9.17) is 10.5 Å². The van der Waals surface area contributed by atoms with E-state index in [1.54, 1.807) is 24.3 Å². The Morgan fingerprint density at radius 3 is 2.33 bits per heavy atom. The van der Waals surface area contributed by atoms with E-state index >= 15 is 0 Å². The van der Waals surface area contributed by atoms with Crippen molar-refractivity contribution in [3.05, 3.63) is 24.3 Å². The van der Waals surface area contributed by atoms with Crippen LogP contribution in [0.3, 0.4) is 0 Å². The van der Waals surface area contributed by atoms with E-state index < -0.39 is 10.0 Å². The Morgan fingerprint density at radius 1 is 1.19 bits per heavy atom. The molecular weight excluding hydrogens is 288 g/mol. The first-order valence-corrected chi connectivity index (χ1v) is 9.01. The van der Waals surface area contributed by atoms with E-state index in [1.165, 1.54) is 0 Å². The van der Waals surface area contributed by atoms with Crippen molar-refractivity contribution in [3.8, 4) is 5.75 Å². The van der Waals surface area contributed by atoms with Crippen molar-refractivity contribution in [1.82, 2.24) is 4.72 Å². The molecule has 0 bridgehead atoms. The van der Waals surface area contributed by atoms with Gasteiger partial charge in [0.15, 0.2) is 0 Å². The normalized spacial score (nSPS) is 12.3. The summed E-state index contributed by atoms with van der Waals surface area (Å²) in [5.74, 6) is 0.516. The number of ether oxygens (including phenoxy) is 1. The van der Waals surface area contributed by atoms with Gasteiger partial charge in [-0.15, -0.1) is 0 Å². The van der Waals surface area contributed by atoms with E-state index in [2.05, 4.69) is 4.72 Å². The maximum Gasteiger partial charge on any atom is 0.215 e. The molecule has 6 heteroatoms. The number of nitrogens with one attached hydrogen (secondary N) is 1. The summed E-state index contributed by atoms with van der Waals surface area (Å²) in [6.07, 6.45) is 2.32. The fraction of sp³-hybridized carbons (Fsp3) is 0.600. The number of hydrogen-bond donors (Lipinski definition) is 2. The van der Waals surface area contributed by atoms with Crippen LogP contribution in [0.2, 0.25) is 0 Å². The van der Waals surface area contributed by atoms with Gasteiger partial charge in [0.1, 0.15) is 12.4 Å². The summed E-state index contributed by atoms with van der Waals surface area (Å²) in [6, 6.07) is 6.95. The van der Waals surface area contributed by atoms with E-state index in [-0.39, 0.29) is 17.9 Å². The van der Waals surface area contributed by atoms with E-state index in [1.807, 2.05) is 20.8 Å². The van der Waals surface area contributed by atoms with Crippen molar-refractivity contribution in [2.24, 2.45) is 0 Å². The van der Waals surface area contributed by atoms with Crippen LogP contribution >= 0.6 is 0 Å². The van der Waals surface area contributed by atoms with Crippen molar-refractivity contribution in [2.45, 2.75) is 45.6 Å². The van der Waals surface area contributed by atoms with Crippen molar-refractivity contribution >= 4 is 15.7 Å². The molecule has 120 valence electrons. The molecule has 0 amide bonds. The highest BCUT2D eigenvalue weighted by Crippen LogP contribution is 2.20. The summed E-state index contributed by atoms with van der Waals surface area (Å²) in [6.45, 7) is 6.10. The minimum Gasteiger partial charge on any atom is -0.492 e. The summed E-state index contributed by atoms with van der Waals surface area (Å²) >= 11 is 0. The molecule has 0 unspecified atom stereocenters. The fourth-order valence-corrected chi connectivity index (χ4v) is 3.72. The molecular formula is C15H26N2O3S. The van der Waals surface area contributed by atoms with Crippen molar-refractivity contribution in [1.29, 1.82) is 0 Å². The van der Waals surface area contributed by atoms with Crippen LogP contribution < -0.4 is 15.2 Å². The fourth-order valence-electron chi connectivity index (χ4n) is 2.22. The second kappa shape index (κ2) is 7.66. The number of sulfonamides is 1. The lowest BCUT2D eigenvalue weighted by atomic mass is 9.91. The van der Waals surface area contributed by atoms with Gasteiger partial charge < -0.3 is 10.5 Å². The van der Waals surface area contributed by atoms with Crippen LogP contribution in [-0.2, 0) is 10.0 Å². The minimum absolute atomic E-state index is 0.0659. The zero-order valence-electron chi connectivity index (χ0n) is 13.1. The lowest BCUT2D eigenvalue weighted by Gasteiger charge is -2.31. The first-order chi connectivity index (χ1) is 9.86. The molecule has 0 radical (unpaired) electrons. The molecule has 0 heterocycles. The molecule has 0 saturated heterocycles. The standard InChI is InChI=1S/C15H26N2O3S/c1-4-15(5-2,6-3)17-21(18,19)11-10-20-14-9-7-8-13(16)12-14/h7-9,12,17H,4-6,10-11,16H2,1-3H3. The minimum atomic E-state index is -3.36. The highest BCUT2D eigenvalue weighted by atomic mass is 32.2. The molecule has 21 heavy (non-hydrogen) atoms. The topological polar surface area (TPSA) is 81.4 Å². The van der Waals surface area contributed by atoms with Crippen molar-refractivity contribution in [2.75, 3.05) is 18.1 Å². The maximum atomic E-state index is 12.2. The number of nitrogens with two attached hydrogens (primary N) is 1. The Morgan fingerprint density at radius 2 is 1.81 bits per heavy atom. The Kier molecular flexibility index (Phi) is 6.48. The smallest absolute Gasteiger partial charge is 0.215 e. The van der Waals surface area contributed by atoms with Gasteiger partial charge in [-0.05, 0) is 31.4 Å². The largest absolute Gasteiger partial charge is 0.492 e. The van der Waals surface area contributed by atoms with E-state index in [0.717, 1.165) is 19.3 Å². The molecule has 0 fully saturated rings. The summed E-state index contributed by atoms with van der Waals surface area (Å²) in [4.78, 5) is 0. The first kappa shape index (κ1) is 17.8. The zero-order chi connectivity index (χ0) is 15.9. The van der Waals surface area contributed by atoms with Gasteiger partial charge in [0.05, 0.1) is 5.75 Å². The molecule has 0 spiro atoms. The summed E-state index contributed by atoms with van der Waals surface area (Å²) in [5.41, 5.74) is 5.88. The third-order valence-corrected chi connectivity index (χ3v) is 5.33. The summed E-state index contributed by atoms with van der Waals surface area (Å²) in [7, 11) is -3.36. The SMILES string of the molecule is CCC(CC)(CC)NS(=O)(=O)CCOc1cccc(N)c1. The summed E-state index contributed by atoms with van der Waals surface area (Å²) < 4.78 is 32.6. The Hall–Kier alpha value is -1.27. The molecule has 0 aliphatic carbocycles. The van der Waals surface area contributed by atoms with Crippen LogP contribution in [0.1, 0.15) is 40.0 Å². The van der Waals surface area contributed by atoms with Gasteiger partial charge >= 0.3 is 0 Å². The van der Waals surface area contributed by atoms with Crippen LogP contribution in [0.15, 0.2) is 24.3 Å². The maximum absolute atomic E-state index is 12.2. The average molecular weight is 314 g/mol. The summed E-state index contributed by atoms with van der Waals surface area (Å²) in [5, 5.41) is 0. The molecule has 1 aromatic carbocycles. The van der Waals surface area contributed by atoms with Gasteiger partial charge in [0, 0.05) is 17.3 Å². The number of benzene rings is 1. The first-order valence-electron chi connectivity index (χ1n) is 7.36. The second-order valence-electron chi connectivity index (χ2n) is 5.18. The lowest BCUT2D eigenvalue weighted by Crippen LogP contribution is -2.48. The van der Waals surface area contributed by atoms with Crippen LogP contribution in [0, 0.1) is 0 Å². The van der Waals surface area contributed by atoms with Crippen molar-refractivity contribution in [3.63, 3.8) is 0 Å². The van der Waals surface area contributed by atoms with Gasteiger partial charge in [0.25, 0.3) is 0 Å². The second-order valence-corrected chi connectivity index (χ2v) is 7.02. The van der Waals surface area contributed by atoms with E-state index in [9.17, 15) is 8.42 Å². The van der Waals surface area contributed by atoms with Crippen LogP contribution in [0.5, 0.6) is 5.75 Å². The quantitative estimate of drug-likeness (QED) is 0.686. The molecule has 0 atom stereocenters. The van der Waals surface area contributed by atoms with Gasteiger partial charge in [0.2, 0.25) is 10.0 Å². The molecule has 0 saturated carbocycles. The Balaban J connectivity index is 2.57. The van der Waals surface area contributed by atoms with Gasteiger partial charge in [-0.1, -0.05) is 26.8 Å². The molecule has 1 aromatic rings.